The highest BCUT2D eigenvalue weighted by molar-refractivity contribution is 5.97. The summed E-state index contributed by atoms with van der Waals surface area (Å²) in [5, 5.41) is 3.02. The van der Waals surface area contributed by atoms with Gasteiger partial charge in [0.2, 0.25) is 5.91 Å². The maximum absolute atomic E-state index is 13.8. The summed E-state index contributed by atoms with van der Waals surface area (Å²) in [5.41, 5.74) is 0.651. The molecule has 1 saturated heterocycles. The normalized spacial score (nSPS) is 23.0. The summed E-state index contributed by atoms with van der Waals surface area (Å²) in [6, 6.07) is 4.32. The van der Waals surface area contributed by atoms with Crippen LogP contribution in [0.5, 0.6) is 0 Å². The van der Waals surface area contributed by atoms with Crippen LogP contribution in [0.2, 0.25) is 0 Å². The fourth-order valence-corrected chi connectivity index (χ4v) is 4.77. The second-order valence-corrected chi connectivity index (χ2v) is 8.38. The van der Waals surface area contributed by atoms with Crippen LogP contribution in [0.15, 0.2) is 23.8 Å². The number of hydrogen-bond donors (Lipinski definition) is 1. The van der Waals surface area contributed by atoms with Crippen molar-refractivity contribution in [1.82, 2.24) is 10.2 Å². The van der Waals surface area contributed by atoms with Crippen molar-refractivity contribution < 1.29 is 13.6 Å². The Balaban J connectivity index is 1.56. The predicted octanol–water partition coefficient (Wildman–Crippen LogP) is 4.92. The van der Waals surface area contributed by atoms with Crippen molar-refractivity contribution in [3.8, 4) is 0 Å². The summed E-state index contributed by atoms with van der Waals surface area (Å²) in [6.45, 7) is 5.73. The van der Waals surface area contributed by atoms with E-state index in [4.69, 9.17) is 0 Å². The standard InChI is InChI=1S/C23H32F2N2O/c1-16(13-19-10-11-20(24)14-22(19)25)23(28)26-15-21-9-6-12-27(21)17(2)18-7-4-3-5-8-18/h10-11,13-14,17-18,21H,3-9,12,15H2,1-2H3,(H,26,28). The van der Waals surface area contributed by atoms with Gasteiger partial charge < -0.3 is 5.32 Å². The van der Waals surface area contributed by atoms with Crippen molar-refractivity contribution in [2.45, 2.75) is 70.9 Å². The molecule has 1 aliphatic carbocycles. The molecule has 2 aliphatic rings. The molecule has 1 aromatic rings. The molecular formula is C23H32F2N2O. The van der Waals surface area contributed by atoms with Crippen LogP contribution in [-0.4, -0.2) is 36.0 Å². The van der Waals surface area contributed by atoms with Crippen molar-refractivity contribution in [3.63, 3.8) is 0 Å². The number of hydrogen-bond acceptors (Lipinski definition) is 2. The van der Waals surface area contributed by atoms with Gasteiger partial charge in [-0.25, -0.2) is 8.78 Å². The van der Waals surface area contributed by atoms with Crippen molar-refractivity contribution in [2.75, 3.05) is 13.1 Å². The molecule has 28 heavy (non-hydrogen) atoms. The Hall–Kier alpha value is -1.75. The number of nitrogens with zero attached hydrogens (tertiary/aromatic N) is 1. The minimum Gasteiger partial charge on any atom is -0.351 e. The highest BCUT2D eigenvalue weighted by Crippen LogP contribution is 2.32. The van der Waals surface area contributed by atoms with Gasteiger partial charge in [0, 0.05) is 35.8 Å². The fourth-order valence-electron chi connectivity index (χ4n) is 4.77. The van der Waals surface area contributed by atoms with Gasteiger partial charge in [0.15, 0.2) is 0 Å². The quantitative estimate of drug-likeness (QED) is 0.700. The monoisotopic (exact) mass is 390 g/mol. The molecule has 3 nitrogen and oxygen atoms in total. The molecule has 2 unspecified atom stereocenters. The van der Waals surface area contributed by atoms with Crippen LogP contribution in [0, 0.1) is 17.6 Å². The van der Waals surface area contributed by atoms with Crippen LogP contribution in [0.3, 0.4) is 0 Å². The molecule has 0 radical (unpaired) electrons. The molecular weight excluding hydrogens is 358 g/mol. The number of carbonyl (C=O) groups is 1. The van der Waals surface area contributed by atoms with Gasteiger partial charge in [0.1, 0.15) is 11.6 Å². The average Bonchev–Trinajstić information content (AvgIpc) is 3.16. The number of nitrogens with one attached hydrogen (secondary N) is 1. The Morgan fingerprint density at radius 2 is 1.96 bits per heavy atom. The van der Waals surface area contributed by atoms with E-state index in [1.807, 2.05) is 0 Å². The van der Waals surface area contributed by atoms with Gasteiger partial charge in [0.05, 0.1) is 0 Å². The molecule has 1 aliphatic heterocycles. The van der Waals surface area contributed by atoms with Crippen LogP contribution in [0.25, 0.3) is 6.08 Å². The van der Waals surface area contributed by atoms with Crippen molar-refractivity contribution in [2.24, 2.45) is 5.92 Å². The molecule has 1 heterocycles. The lowest BCUT2D eigenvalue weighted by molar-refractivity contribution is -0.117. The highest BCUT2D eigenvalue weighted by atomic mass is 19.1. The van der Waals surface area contributed by atoms with E-state index in [0.29, 0.717) is 24.2 Å². The Morgan fingerprint density at radius 1 is 1.21 bits per heavy atom. The van der Waals surface area contributed by atoms with E-state index in [0.717, 1.165) is 24.9 Å². The van der Waals surface area contributed by atoms with E-state index in [-0.39, 0.29) is 11.5 Å². The lowest BCUT2D eigenvalue weighted by Crippen LogP contribution is -2.47. The smallest absolute Gasteiger partial charge is 0.246 e. The van der Waals surface area contributed by atoms with Gasteiger partial charge in [-0.15, -0.1) is 0 Å². The van der Waals surface area contributed by atoms with Crippen LogP contribution in [0.1, 0.15) is 64.4 Å². The van der Waals surface area contributed by atoms with Gasteiger partial charge in [-0.05, 0) is 70.2 Å². The molecule has 154 valence electrons. The van der Waals surface area contributed by atoms with E-state index in [9.17, 15) is 13.6 Å². The van der Waals surface area contributed by atoms with Gasteiger partial charge >= 0.3 is 0 Å². The highest BCUT2D eigenvalue weighted by Gasteiger charge is 2.33. The average molecular weight is 391 g/mol. The molecule has 1 N–H and O–H groups in total. The van der Waals surface area contributed by atoms with Crippen LogP contribution >= 0.6 is 0 Å². The van der Waals surface area contributed by atoms with Crippen LogP contribution < -0.4 is 5.32 Å². The third-order valence-corrected chi connectivity index (χ3v) is 6.47. The lowest BCUT2D eigenvalue weighted by Gasteiger charge is -2.37. The maximum atomic E-state index is 13.8. The zero-order valence-corrected chi connectivity index (χ0v) is 17.0. The minimum absolute atomic E-state index is 0.194. The van der Waals surface area contributed by atoms with E-state index in [1.54, 1.807) is 6.92 Å². The van der Waals surface area contributed by atoms with Gasteiger partial charge in [0.25, 0.3) is 0 Å². The minimum atomic E-state index is -0.657. The number of carbonyl (C=O) groups excluding carboxylic acids is 1. The molecule has 2 atom stereocenters. The van der Waals surface area contributed by atoms with Crippen molar-refractivity contribution in [3.05, 3.63) is 41.0 Å². The van der Waals surface area contributed by atoms with Crippen LogP contribution in [-0.2, 0) is 4.79 Å². The molecule has 0 aromatic heterocycles. The van der Waals surface area contributed by atoms with E-state index in [2.05, 4.69) is 17.1 Å². The molecule has 1 saturated carbocycles. The number of halogens is 2. The fraction of sp³-hybridized carbons (Fsp3) is 0.609. The molecule has 3 rings (SSSR count). The Kier molecular flexibility index (Phi) is 7.22. The van der Waals surface area contributed by atoms with Crippen molar-refractivity contribution in [1.29, 1.82) is 0 Å². The SMILES string of the molecule is CC(=Cc1ccc(F)cc1F)C(=O)NCC1CCCN1C(C)C1CCCCC1. The summed E-state index contributed by atoms with van der Waals surface area (Å²) in [6.07, 6.45) is 10.4. The molecule has 2 fully saturated rings. The van der Waals surface area contributed by atoms with E-state index < -0.39 is 11.6 Å². The van der Waals surface area contributed by atoms with E-state index in [1.165, 1.54) is 56.7 Å². The predicted molar refractivity (Wildman–Crippen MR) is 109 cm³/mol. The molecule has 5 heteroatoms. The maximum Gasteiger partial charge on any atom is 0.246 e. The van der Waals surface area contributed by atoms with E-state index >= 15 is 0 Å². The number of amides is 1. The Labute approximate surface area is 167 Å². The first-order chi connectivity index (χ1) is 13.5. The topological polar surface area (TPSA) is 32.3 Å². The summed E-state index contributed by atoms with van der Waals surface area (Å²) >= 11 is 0. The molecule has 0 spiro atoms. The van der Waals surface area contributed by atoms with Gasteiger partial charge in [-0.1, -0.05) is 19.3 Å². The summed E-state index contributed by atoms with van der Waals surface area (Å²) in [4.78, 5) is 15.0. The molecule has 1 aromatic carbocycles. The summed E-state index contributed by atoms with van der Waals surface area (Å²) in [7, 11) is 0. The first-order valence-electron chi connectivity index (χ1n) is 10.6. The van der Waals surface area contributed by atoms with Gasteiger partial charge in [-0.3, -0.25) is 9.69 Å². The lowest BCUT2D eigenvalue weighted by atomic mass is 9.84. The molecule has 1 amide bonds. The first-order valence-corrected chi connectivity index (χ1v) is 10.6. The third kappa shape index (κ3) is 5.19. The number of likely N-dealkylation sites (tertiary alicyclic amines) is 1. The van der Waals surface area contributed by atoms with Crippen molar-refractivity contribution >= 4 is 12.0 Å². The largest absolute Gasteiger partial charge is 0.351 e. The summed E-state index contributed by atoms with van der Waals surface area (Å²) in [5.74, 6) is -0.699. The second kappa shape index (κ2) is 9.64. The van der Waals surface area contributed by atoms with Gasteiger partial charge in [-0.2, -0.15) is 0 Å². The number of benzene rings is 1. The Morgan fingerprint density at radius 3 is 2.68 bits per heavy atom. The second-order valence-electron chi connectivity index (χ2n) is 8.38. The van der Waals surface area contributed by atoms with Crippen LogP contribution in [0.4, 0.5) is 8.78 Å². The first kappa shape index (κ1) is 21.0. The zero-order chi connectivity index (χ0) is 20.1. The number of rotatable bonds is 6. The Bertz CT molecular complexity index is 713. The third-order valence-electron chi connectivity index (χ3n) is 6.47. The zero-order valence-electron chi connectivity index (χ0n) is 17.0. The molecule has 0 bridgehead atoms. The summed E-state index contributed by atoms with van der Waals surface area (Å²) < 4.78 is 26.8.